The number of methoxy groups -OCH3 is 1. The molecule has 94 valence electrons. The summed E-state index contributed by atoms with van der Waals surface area (Å²) in [4.78, 5) is 11.4. The fourth-order valence-corrected chi connectivity index (χ4v) is 2.81. The van der Waals surface area contributed by atoms with Gasteiger partial charge >= 0.3 is 5.97 Å². The SMILES string of the molecule is CCCC(CCC)C1(C(O)C(=O)OC)CC1. The highest BCUT2D eigenvalue weighted by Gasteiger charge is 2.56. The second-order valence-electron chi connectivity index (χ2n) is 4.93. The average molecular weight is 228 g/mol. The molecule has 0 aromatic heterocycles. The molecule has 0 aliphatic heterocycles. The topological polar surface area (TPSA) is 46.5 Å². The van der Waals surface area contributed by atoms with Gasteiger partial charge in [0.15, 0.2) is 6.10 Å². The number of ether oxygens (including phenoxy) is 1. The number of aliphatic hydroxyl groups excluding tert-OH is 1. The molecule has 1 fully saturated rings. The Morgan fingerprint density at radius 3 is 2.12 bits per heavy atom. The minimum Gasteiger partial charge on any atom is -0.467 e. The summed E-state index contributed by atoms with van der Waals surface area (Å²) < 4.78 is 4.66. The van der Waals surface area contributed by atoms with E-state index in [4.69, 9.17) is 0 Å². The smallest absolute Gasteiger partial charge is 0.335 e. The van der Waals surface area contributed by atoms with Crippen molar-refractivity contribution in [3.63, 3.8) is 0 Å². The molecule has 0 heterocycles. The summed E-state index contributed by atoms with van der Waals surface area (Å²) in [6.45, 7) is 4.31. The zero-order valence-corrected chi connectivity index (χ0v) is 10.7. The van der Waals surface area contributed by atoms with Crippen molar-refractivity contribution in [2.75, 3.05) is 7.11 Å². The van der Waals surface area contributed by atoms with Gasteiger partial charge in [-0.1, -0.05) is 39.5 Å². The lowest BCUT2D eigenvalue weighted by Gasteiger charge is -2.29. The molecule has 3 heteroatoms. The molecule has 1 aliphatic rings. The molecule has 0 bridgehead atoms. The highest BCUT2D eigenvalue weighted by atomic mass is 16.5. The molecule has 0 spiro atoms. The molecule has 1 saturated carbocycles. The average Bonchev–Trinajstić information content (AvgIpc) is 3.08. The molecular weight excluding hydrogens is 204 g/mol. The summed E-state index contributed by atoms with van der Waals surface area (Å²) in [5, 5.41) is 10.1. The number of carbonyl (C=O) groups excluding carboxylic acids is 1. The van der Waals surface area contributed by atoms with Gasteiger partial charge in [-0.15, -0.1) is 0 Å². The third-order valence-electron chi connectivity index (χ3n) is 3.88. The molecule has 1 aliphatic carbocycles. The van der Waals surface area contributed by atoms with Gasteiger partial charge in [-0.05, 0) is 18.8 Å². The summed E-state index contributed by atoms with van der Waals surface area (Å²) in [6, 6.07) is 0. The molecule has 1 atom stereocenters. The zero-order valence-electron chi connectivity index (χ0n) is 10.7. The normalized spacial score (nSPS) is 19.6. The second kappa shape index (κ2) is 5.67. The van der Waals surface area contributed by atoms with Crippen LogP contribution in [-0.4, -0.2) is 24.3 Å². The predicted octanol–water partition coefficient (Wildman–Crippen LogP) is 2.52. The fraction of sp³-hybridized carbons (Fsp3) is 0.923. The summed E-state index contributed by atoms with van der Waals surface area (Å²) in [5.74, 6) is 0.00584. The van der Waals surface area contributed by atoms with Crippen LogP contribution in [0.3, 0.4) is 0 Å². The van der Waals surface area contributed by atoms with Gasteiger partial charge in [0.1, 0.15) is 0 Å². The number of aliphatic hydroxyl groups is 1. The first-order valence-corrected chi connectivity index (χ1v) is 6.38. The number of hydrogen-bond donors (Lipinski definition) is 1. The lowest BCUT2D eigenvalue weighted by Crippen LogP contribution is -2.37. The van der Waals surface area contributed by atoms with Crippen LogP contribution in [0.25, 0.3) is 0 Å². The number of carbonyl (C=O) groups is 1. The minimum absolute atomic E-state index is 0.168. The Balaban J connectivity index is 2.69. The first-order chi connectivity index (χ1) is 7.62. The lowest BCUT2D eigenvalue weighted by atomic mass is 9.78. The van der Waals surface area contributed by atoms with E-state index in [-0.39, 0.29) is 5.41 Å². The van der Waals surface area contributed by atoms with Crippen molar-refractivity contribution in [3.05, 3.63) is 0 Å². The van der Waals surface area contributed by atoms with E-state index in [1.807, 2.05) is 0 Å². The van der Waals surface area contributed by atoms with E-state index in [2.05, 4.69) is 18.6 Å². The van der Waals surface area contributed by atoms with Crippen molar-refractivity contribution in [3.8, 4) is 0 Å². The maximum Gasteiger partial charge on any atom is 0.335 e. The van der Waals surface area contributed by atoms with Crippen LogP contribution in [0.15, 0.2) is 0 Å². The molecule has 0 aromatic carbocycles. The Kier molecular flexibility index (Phi) is 4.78. The number of esters is 1. The molecule has 1 rings (SSSR count). The lowest BCUT2D eigenvalue weighted by molar-refractivity contribution is -0.156. The Hall–Kier alpha value is -0.570. The van der Waals surface area contributed by atoms with Gasteiger partial charge in [-0.3, -0.25) is 0 Å². The van der Waals surface area contributed by atoms with Crippen LogP contribution in [0.2, 0.25) is 0 Å². The molecule has 16 heavy (non-hydrogen) atoms. The third kappa shape index (κ3) is 2.57. The molecule has 0 aromatic rings. The molecular formula is C13H24O3. The fourth-order valence-electron chi connectivity index (χ4n) is 2.81. The monoisotopic (exact) mass is 228 g/mol. The van der Waals surface area contributed by atoms with E-state index < -0.39 is 12.1 Å². The Morgan fingerprint density at radius 1 is 1.31 bits per heavy atom. The number of rotatable bonds is 7. The van der Waals surface area contributed by atoms with Crippen LogP contribution < -0.4 is 0 Å². The van der Waals surface area contributed by atoms with Gasteiger partial charge in [0, 0.05) is 5.41 Å². The molecule has 0 saturated heterocycles. The van der Waals surface area contributed by atoms with E-state index in [0.717, 1.165) is 38.5 Å². The van der Waals surface area contributed by atoms with Crippen LogP contribution in [0, 0.1) is 11.3 Å². The third-order valence-corrected chi connectivity index (χ3v) is 3.88. The van der Waals surface area contributed by atoms with Gasteiger partial charge in [-0.25, -0.2) is 4.79 Å². The molecule has 1 unspecified atom stereocenters. The van der Waals surface area contributed by atoms with Crippen molar-refractivity contribution in [2.45, 2.75) is 58.5 Å². The van der Waals surface area contributed by atoms with Crippen molar-refractivity contribution in [1.29, 1.82) is 0 Å². The van der Waals surface area contributed by atoms with Gasteiger partial charge < -0.3 is 9.84 Å². The second-order valence-corrected chi connectivity index (χ2v) is 4.93. The molecule has 0 amide bonds. The van der Waals surface area contributed by atoms with Crippen LogP contribution in [0.1, 0.15) is 52.4 Å². The maximum absolute atomic E-state index is 11.4. The molecule has 3 nitrogen and oxygen atoms in total. The van der Waals surface area contributed by atoms with Gasteiger partial charge in [-0.2, -0.15) is 0 Å². The first-order valence-electron chi connectivity index (χ1n) is 6.38. The summed E-state index contributed by atoms with van der Waals surface area (Å²) in [6.07, 6.45) is 5.44. The Labute approximate surface area is 98.2 Å². The standard InChI is InChI=1S/C13H24O3/c1-4-6-10(7-5-2)13(8-9-13)11(14)12(15)16-3/h10-11,14H,4-9H2,1-3H3. The zero-order chi connectivity index (χ0) is 12.2. The predicted molar refractivity (Wildman–Crippen MR) is 63.0 cm³/mol. The molecule has 0 radical (unpaired) electrons. The Morgan fingerprint density at radius 2 is 1.81 bits per heavy atom. The Bertz CT molecular complexity index is 227. The van der Waals surface area contributed by atoms with E-state index in [1.54, 1.807) is 0 Å². The van der Waals surface area contributed by atoms with E-state index in [1.165, 1.54) is 7.11 Å². The van der Waals surface area contributed by atoms with Crippen LogP contribution in [0.5, 0.6) is 0 Å². The van der Waals surface area contributed by atoms with Crippen molar-refractivity contribution in [1.82, 2.24) is 0 Å². The van der Waals surface area contributed by atoms with Crippen LogP contribution >= 0.6 is 0 Å². The maximum atomic E-state index is 11.4. The highest BCUT2D eigenvalue weighted by Crippen LogP contribution is 2.57. The molecule has 1 N–H and O–H groups in total. The summed E-state index contributed by atoms with van der Waals surface area (Å²) in [7, 11) is 1.34. The van der Waals surface area contributed by atoms with Gasteiger partial charge in [0.25, 0.3) is 0 Å². The van der Waals surface area contributed by atoms with E-state index >= 15 is 0 Å². The largest absolute Gasteiger partial charge is 0.467 e. The van der Waals surface area contributed by atoms with Crippen molar-refractivity contribution < 1.29 is 14.6 Å². The quantitative estimate of drug-likeness (QED) is 0.681. The van der Waals surface area contributed by atoms with Crippen molar-refractivity contribution >= 4 is 5.97 Å². The number of hydrogen-bond acceptors (Lipinski definition) is 3. The van der Waals surface area contributed by atoms with Gasteiger partial charge in [0.05, 0.1) is 7.11 Å². The van der Waals surface area contributed by atoms with E-state index in [0.29, 0.717) is 5.92 Å². The van der Waals surface area contributed by atoms with Gasteiger partial charge in [0.2, 0.25) is 0 Å². The highest BCUT2D eigenvalue weighted by molar-refractivity contribution is 5.76. The summed E-state index contributed by atoms with van der Waals surface area (Å²) >= 11 is 0. The van der Waals surface area contributed by atoms with Crippen LogP contribution in [-0.2, 0) is 9.53 Å². The summed E-state index contributed by atoms with van der Waals surface area (Å²) in [5.41, 5.74) is -0.168. The van der Waals surface area contributed by atoms with Crippen molar-refractivity contribution in [2.24, 2.45) is 11.3 Å². The minimum atomic E-state index is -0.916. The first kappa shape index (κ1) is 13.5. The van der Waals surface area contributed by atoms with E-state index in [9.17, 15) is 9.90 Å². The van der Waals surface area contributed by atoms with Crippen LogP contribution in [0.4, 0.5) is 0 Å².